The maximum absolute atomic E-state index is 11.6. The maximum Gasteiger partial charge on any atom is 0.412 e. The van der Waals surface area contributed by atoms with Gasteiger partial charge in [-0.15, -0.1) is 11.3 Å². The number of alkyl carbamates (subject to hydrolysis) is 1. The number of nitrogens with one attached hydrogen (secondary N) is 1. The van der Waals surface area contributed by atoms with Gasteiger partial charge < -0.3 is 15.2 Å². The van der Waals surface area contributed by atoms with Gasteiger partial charge in [-0.3, -0.25) is 10.3 Å². The second-order valence-corrected chi connectivity index (χ2v) is 6.08. The van der Waals surface area contributed by atoms with E-state index in [-0.39, 0.29) is 5.70 Å². The van der Waals surface area contributed by atoms with Crippen LogP contribution in [-0.2, 0) is 9.47 Å². The number of thiophene rings is 1. The topological polar surface area (TPSA) is 103 Å². The SMILES string of the molecule is COC(=O)c1cc(N=C/C(=C\N)NC(=O)OC(C)(C)C)cs1. The third-order valence-corrected chi connectivity index (χ3v) is 3.05. The van der Waals surface area contributed by atoms with E-state index in [2.05, 4.69) is 15.0 Å². The van der Waals surface area contributed by atoms with E-state index < -0.39 is 17.7 Å². The summed E-state index contributed by atoms with van der Waals surface area (Å²) in [6.45, 7) is 5.27. The Morgan fingerprint density at radius 1 is 1.41 bits per heavy atom. The van der Waals surface area contributed by atoms with Gasteiger partial charge in [-0.2, -0.15) is 0 Å². The fraction of sp³-hybridized carbons (Fsp3) is 0.357. The van der Waals surface area contributed by atoms with E-state index in [1.165, 1.54) is 30.9 Å². The number of carbonyl (C=O) groups is 2. The number of nitrogens with zero attached hydrogens (tertiary/aromatic N) is 1. The van der Waals surface area contributed by atoms with Crippen molar-refractivity contribution in [2.75, 3.05) is 7.11 Å². The number of carbonyl (C=O) groups excluding carboxylic acids is 2. The highest BCUT2D eigenvalue weighted by Gasteiger charge is 2.16. The van der Waals surface area contributed by atoms with E-state index in [0.29, 0.717) is 10.6 Å². The van der Waals surface area contributed by atoms with E-state index in [0.717, 1.165) is 0 Å². The van der Waals surface area contributed by atoms with Gasteiger partial charge in [-0.25, -0.2) is 9.59 Å². The summed E-state index contributed by atoms with van der Waals surface area (Å²) in [4.78, 5) is 27.5. The Bertz CT molecular complexity index is 599. The van der Waals surface area contributed by atoms with Crippen LogP contribution in [0.25, 0.3) is 0 Å². The lowest BCUT2D eigenvalue weighted by Crippen LogP contribution is -2.32. The van der Waals surface area contributed by atoms with Crippen LogP contribution in [0.4, 0.5) is 10.5 Å². The predicted octanol–water partition coefficient (Wildman–Crippen LogP) is 2.56. The first-order valence-electron chi connectivity index (χ1n) is 6.38. The van der Waals surface area contributed by atoms with Crippen LogP contribution in [-0.4, -0.2) is 31.0 Å². The van der Waals surface area contributed by atoms with Crippen molar-refractivity contribution >= 4 is 35.3 Å². The minimum Gasteiger partial charge on any atom is -0.465 e. The average Bonchev–Trinajstić information content (AvgIpc) is 2.89. The minimum atomic E-state index is -0.629. The molecule has 1 aromatic rings. The molecule has 3 N–H and O–H groups in total. The summed E-state index contributed by atoms with van der Waals surface area (Å²) < 4.78 is 9.72. The molecule has 7 nitrogen and oxygen atoms in total. The fourth-order valence-corrected chi connectivity index (χ4v) is 2.03. The van der Waals surface area contributed by atoms with E-state index in [1.54, 1.807) is 32.2 Å². The van der Waals surface area contributed by atoms with Crippen LogP contribution in [0, 0.1) is 0 Å². The number of esters is 1. The summed E-state index contributed by atoms with van der Waals surface area (Å²) >= 11 is 1.21. The van der Waals surface area contributed by atoms with Gasteiger partial charge in [0.15, 0.2) is 0 Å². The Morgan fingerprint density at radius 2 is 2.09 bits per heavy atom. The second-order valence-electron chi connectivity index (χ2n) is 5.17. The highest BCUT2D eigenvalue weighted by atomic mass is 32.1. The lowest BCUT2D eigenvalue weighted by molar-refractivity contribution is 0.0547. The number of ether oxygens (including phenoxy) is 2. The van der Waals surface area contributed by atoms with Crippen molar-refractivity contribution in [3.05, 3.63) is 28.2 Å². The molecule has 1 heterocycles. The summed E-state index contributed by atoms with van der Waals surface area (Å²) in [6, 6.07) is 1.58. The van der Waals surface area contributed by atoms with Crippen molar-refractivity contribution < 1.29 is 19.1 Å². The molecule has 0 saturated heterocycles. The second kappa shape index (κ2) is 7.60. The van der Waals surface area contributed by atoms with Gasteiger partial charge in [0.1, 0.15) is 10.5 Å². The summed E-state index contributed by atoms with van der Waals surface area (Å²) in [5.74, 6) is -0.423. The van der Waals surface area contributed by atoms with Crippen LogP contribution in [0.2, 0.25) is 0 Å². The Hall–Kier alpha value is -2.35. The molecule has 1 amide bonds. The molecular weight excluding hydrogens is 306 g/mol. The highest BCUT2D eigenvalue weighted by molar-refractivity contribution is 7.12. The first kappa shape index (κ1) is 17.7. The lowest BCUT2D eigenvalue weighted by atomic mass is 10.2. The van der Waals surface area contributed by atoms with Crippen LogP contribution < -0.4 is 11.1 Å². The standard InChI is InChI=1S/C14H19N3O4S/c1-14(2,3)21-13(19)17-10(6-15)7-16-9-5-11(22-8-9)12(18)20-4/h5-8H,15H2,1-4H3,(H,17,19)/b10-6+,16-7?. The van der Waals surface area contributed by atoms with Gasteiger partial charge in [-0.1, -0.05) is 0 Å². The van der Waals surface area contributed by atoms with Crippen molar-refractivity contribution in [3.8, 4) is 0 Å². The Kier molecular flexibility index (Phi) is 6.11. The molecule has 0 aromatic carbocycles. The molecule has 0 saturated carbocycles. The van der Waals surface area contributed by atoms with Gasteiger partial charge in [0, 0.05) is 11.6 Å². The van der Waals surface area contributed by atoms with Crippen LogP contribution in [0.15, 0.2) is 28.3 Å². The zero-order chi connectivity index (χ0) is 16.8. The normalized spacial score (nSPS) is 12.3. The molecule has 1 aromatic heterocycles. The third-order valence-electron chi connectivity index (χ3n) is 2.15. The molecule has 22 heavy (non-hydrogen) atoms. The molecule has 0 fully saturated rings. The Labute approximate surface area is 132 Å². The molecule has 0 aliphatic carbocycles. The Balaban J connectivity index is 2.68. The number of nitrogens with two attached hydrogens (primary N) is 1. The molecule has 0 bridgehead atoms. The summed E-state index contributed by atoms with van der Waals surface area (Å²) in [5, 5.41) is 4.16. The molecule has 0 radical (unpaired) electrons. The first-order valence-corrected chi connectivity index (χ1v) is 7.26. The molecule has 120 valence electrons. The lowest BCUT2D eigenvalue weighted by Gasteiger charge is -2.19. The van der Waals surface area contributed by atoms with E-state index >= 15 is 0 Å². The molecular formula is C14H19N3O4S. The first-order chi connectivity index (χ1) is 10.2. The van der Waals surface area contributed by atoms with Crippen LogP contribution in [0.1, 0.15) is 30.4 Å². The van der Waals surface area contributed by atoms with Gasteiger partial charge in [0.2, 0.25) is 0 Å². The molecule has 0 unspecified atom stereocenters. The third kappa shape index (κ3) is 5.96. The average molecular weight is 325 g/mol. The van der Waals surface area contributed by atoms with Gasteiger partial charge in [0.25, 0.3) is 0 Å². The number of rotatable bonds is 4. The number of hydrogen-bond acceptors (Lipinski definition) is 7. The predicted molar refractivity (Wildman–Crippen MR) is 85.5 cm³/mol. The van der Waals surface area contributed by atoms with E-state index in [9.17, 15) is 9.59 Å². The quantitative estimate of drug-likeness (QED) is 0.654. The highest BCUT2D eigenvalue weighted by Crippen LogP contribution is 2.22. The van der Waals surface area contributed by atoms with E-state index in [1.807, 2.05) is 0 Å². The van der Waals surface area contributed by atoms with Crippen molar-refractivity contribution in [1.82, 2.24) is 5.32 Å². The largest absolute Gasteiger partial charge is 0.465 e. The summed E-state index contributed by atoms with van der Waals surface area (Å²) in [6.07, 6.45) is 1.94. The molecule has 0 atom stereocenters. The number of amides is 1. The molecule has 1 rings (SSSR count). The van der Waals surface area contributed by atoms with Crippen molar-refractivity contribution in [2.24, 2.45) is 10.7 Å². The molecule has 0 aliphatic rings. The maximum atomic E-state index is 11.6. The number of hydrogen-bond donors (Lipinski definition) is 2. The number of allylic oxidation sites excluding steroid dienone is 1. The van der Waals surface area contributed by atoms with Crippen LogP contribution in [0.3, 0.4) is 0 Å². The molecule has 8 heteroatoms. The van der Waals surface area contributed by atoms with Crippen LogP contribution >= 0.6 is 11.3 Å². The van der Waals surface area contributed by atoms with E-state index in [4.69, 9.17) is 10.5 Å². The number of methoxy groups -OCH3 is 1. The van der Waals surface area contributed by atoms with Gasteiger partial charge >= 0.3 is 12.1 Å². The smallest absolute Gasteiger partial charge is 0.412 e. The summed E-state index contributed by atoms with van der Waals surface area (Å²) in [7, 11) is 1.31. The number of aliphatic imine (C=N–C) groups is 1. The zero-order valence-corrected chi connectivity index (χ0v) is 13.7. The van der Waals surface area contributed by atoms with Crippen molar-refractivity contribution in [2.45, 2.75) is 26.4 Å². The fourth-order valence-electron chi connectivity index (χ4n) is 1.28. The van der Waals surface area contributed by atoms with Crippen molar-refractivity contribution in [3.63, 3.8) is 0 Å². The minimum absolute atomic E-state index is 0.278. The molecule has 0 aliphatic heterocycles. The summed E-state index contributed by atoms with van der Waals surface area (Å²) in [5.41, 5.74) is 5.65. The van der Waals surface area contributed by atoms with Gasteiger partial charge in [0.05, 0.1) is 24.7 Å². The van der Waals surface area contributed by atoms with Crippen molar-refractivity contribution in [1.29, 1.82) is 0 Å². The van der Waals surface area contributed by atoms with Gasteiger partial charge in [-0.05, 0) is 26.8 Å². The van der Waals surface area contributed by atoms with Crippen LogP contribution in [0.5, 0.6) is 0 Å². The zero-order valence-electron chi connectivity index (χ0n) is 12.9. The monoisotopic (exact) mass is 325 g/mol. The molecule has 0 spiro atoms. The Morgan fingerprint density at radius 3 is 2.64 bits per heavy atom.